The third kappa shape index (κ3) is 6.54. The van der Waals surface area contributed by atoms with E-state index in [1.54, 1.807) is 25.2 Å². The minimum Gasteiger partial charge on any atom is -0.376 e. The van der Waals surface area contributed by atoms with Gasteiger partial charge in [-0.3, -0.25) is 9.59 Å². The fourth-order valence-electron chi connectivity index (χ4n) is 1.68. The fraction of sp³-hybridized carbons (Fsp3) is 0.467. The van der Waals surface area contributed by atoms with E-state index in [0.29, 0.717) is 15.7 Å². The van der Waals surface area contributed by atoms with Gasteiger partial charge < -0.3 is 15.5 Å². The molecule has 5 nitrogen and oxygen atoms in total. The number of hydrogen-bond donors (Lipinski definition) is 2. The number of carbonyl (C=O) groups is 2. The van der Waals surface area contributed by atoms with E-state index >= 15 is 0 Å². The highest BCUT2D eigenvalue weighted by atomic mass is 35.5. The van der Waals surface area contributed by atoms with Crippen molar-refractivity contribution in [1.82, 2.24) is 10.2 Å². The van der Waals surface area contributed by atoms with Crippen LogP contribution in [0.4, 0.5) is 5.69 Å². The van der Waals surface area contributed by atoms with Crippen LogP contribution in [0, 0.1) is 0 Å². The van der Waals surface area contributed by atoms with Gasteiger partial charge in [0.1, 0.15) is 0 Å². The number of nitrogens with one attached hydrogen (secondary N) is 2. The molecule has 0 bridgehead atoms. The van der Waals surface area contributed by atoms with E-state index < -0.39 is 0 Å². The summed E-state index contributed by atoms with van der Waals surface area (Å²) in [6.45, 7) is 5.74. The highest BCUT2D eigenvalue weighted by Gasteiger charge is 2.17. The zero-order valence-electron chi connectivity index (χ0n) is 13.2. The maximum Gasteiger partial charge on any atom is 0.242 e. The first kappa shape index (κ1) is 18.6. The standard InChI is InChI=1S/C15H21Cl2N3O2/c1-15(2,3)19-13(21)9-20(4)14(22)8-18-10-5-6-11(16)12(17)7-10/h5-7,18H,8-9H2,1-4H3,(H,19,21). The van der Waals surface area contributed by atoms with Crippen molar-refractivity contribution in [2.75, 3.05) is 25.5 Å². The molecule has 2 amide bonds. The zero-order chi connectivity index (χ0) is 16.9. The van der Waals surface area contributed by atoms with Crippen LogP contribution in [0.3, 0.4) is 0 Å². The minimum absolute atomic E-state index is 0.0131. The van der Waals surface area contributed by atoms with E-state index in [2.05, 4.69) is 10.6 Å². The van der Waals surface area contributed by atoms with Crippen LogP contribution in [0.25, 0.3) is 0 Å². The van der Waals surface area contributed by atoms with Crippen molar-refractivity contribution < 1.29 is 9.59 Å². The molecule has 0 radical (unpaired) electrons. The number of anilines is 1. The molecule has 0 atom stereocenters. The van der Waals surface area contributed by atoms with Crippen molar-refractivity contribution in [2.24, 2.45) is 0 Å². The third-order valence-electron chi connectivity index (χ3n) is 2.68. The highest BCUT2D eigenvalue weighted by molar-refractivity contribution is 6.42. The van der Waals surface area contributed by atoms with Gasteiger partial charge in [-0.2, -0.15) is 0 Å². The molecule has 0 fully saturated rings. The molecule has 0 spiro atoms. The molecule has 1 aromatic rings. The Kier molecular flexibility index (Phi) is 6.50. The van der Waals surface area contributed by atoms with Crippen LogP contribution in [0.2, 0.25) is 10.0 Å². The molecule has 122 valence electrons. The van der Waals surface area contributed by atoms with Gasteiger partial charge in [0.25, 0.3) is 0 Å². The van der Waals surface area contributed by atoms with Gasteiger partial charge in [0.2, 0.25) is 11.8 Å². The Balaban J connectivity index is 2.47. The molecule has 0 aliphatic carbocycles. The average molecular weight is 346 g/mol. The van der Waals surface area contributed by atoms with Gasteiger partial charge in [0.05, 0.1) is 23.1 Å². The smallest absolute Gasteiger partial charge is 0.242 e. The highest BCUT2D eigenvalue weighted by Crippen LogP contribution is 2.24. The van der Waals surface area contributed by atoms with Crippen molar-refractivity contribution in [2.45, 2.75) is 26.3 Å². The summed E-state index contributed by atoms with van der Waals surface area (Å²) in [5.41, 5.74) is 0.370. The topological polar surface area (TPSA) is 61.4 Å². The van der Waals surface area contributed by atoms with Gasteiger partial charge in [-0.05, 0) is 39.0 Å². The maximum atomic E-state index is 12.0. The first-order valence-electron chi connectivity index (χ1n) is 6.82. The quantitative estimate of drug-likeness (QED) is 0.862. The number of rotatable bonds is 5. The summed E-state index contributed by atoms with van der Waals surface area (Å²) in [4.78, 5) is 25.1. The second-order valence-electron chi connectivity index (χ2n) is 6.03. The monoisotopic (exact) mass is 345 g/mol. The van der Waals surface area contributed by atoms with Crippen LogP contribution >= 0.6 is 23.2 Å². The molecule has 1 aromatic carbocycles. The lowest BCUT2D eigenvalue weighted by Crippen LogP contribution is -2.47. The van der Waals surface area contributed by atoms with Gasteiger partial charge >= 0.3 is 0 Å². The van der Waals surface area contributed by atoms with Crippen LogP contribution < -0.4 is 10.6 Å². The number of likely N-dealkylation sites (N-methyl/N-ethyl adjacent to an activating group) is 1. The van der Waals surface area contributed by atoms with E-state index in [1.165, 1.54) is 4.90 Å². The second kappa shape index (κ2) is 7.70. The Morgan fingerprint density at radius 2 is 1.82 bits per heavy atom. The van der Waals surface area contributed by atoms with Crippen molar-refractivity contribution >= 4 is 40.7 Å². The van der Waals surface area contributed by atoms with Crippen molar-refractivity contribution in [3.63, 3.8) is 0 Å². The van der Waals surface area contributed by atoms with Gasteiger partial charge in [-0.25, -0.2) is 0 Å². The molecule has 0 aliphatic rings. The Labute approximate surface area is 141 Å². The summed E-state index contributed by atoms with van der Waals surface area (Å²) in [5, 5.41) is 6.62. The number of amides is 2. The van der Waals surface area contributed by atoms with E-state index in [9.17, 15) is 9.59 Å². The summed E-state index contributed by atoms with van der Waals surface area (Å²) in [5.74, 6) is -0.395. The fourth-order valence-corrected chi connectivity index (χ4v) is 1.98. The predicted molar refractivity (Wildman–Crippen MR) is 90.5 cm³/mol. The summed E-state index contributed by atoms with van der Waals surface area (Å²) in [7, 11) is 1.58. The van der Waals surface area contributed by atoms with Gasteiger partial charge in [-0.15, -0.1) is 0 Å². The molecular weight excluding hydrogens is 325 g/mol. The molecule has 22 heavy (non-hydrogen) atoms. The van der Waals surface area contributed by atoms with Crippen LogP contribution in [0.5, 0.6) is 0 Å². The number of carbonyl (C=O) groups excluding carboxylic acids is 2. The van der Waals surface area contributed by atoms with E-state index in [-0.39, 0.29) is 30.4 Å². The van der Waals surface area contributed by atoms with Crippen LogP contribution in [-0.4, -0.2) is 42.4 Å². The van der Waals surface area contributed by atoms with Crippen LogP contribution in [0.15, 0.2) is 18.2 Å². The average Bonchev–Trinajstić information content (AvgIpc) is 2.37. The zero-order valence-corrected chi connectivity index (χ0v) is 14.7. The number of halogens is 2. The molecule has 0 saturated heterocycles. The first-order valence-corrected chi connectivity index (χ1v) is 7.58. The Bertz CT molecular complexity index is 556. The Morgan fingerprint density at radius 1 is 1.18 bits per heavy atom. The summed E-state index contributed by atoms with van der Waals surface area (Å²) in [6, 6.07) is 5.02. The molecule has 0 heterocycles. The van der Waals surface area contributed by atoms with E-state index in [4.69, 9.17) is 23.2 Å². The Hall–Kier alpha value is -1.46. The maximum absolute atomic E-state index is 12.0. The first-order chi connectivity index (χ1) is 10.1. The molecule has 0 unspecified atom stereocenters. The molecular formula is C15H21Cl2N3O2. The molecule has 1 rings (SSSR count). The van der Waals surface area contributed by atoms with Crippen LogP contribution in [-0.2, 0) is 9.59 Å². The van der Waals surface area contributed by atoms with Gasteiger partial charge in [0.15, 0.2) is 0 Å². The molecule has 0 saturated carbocycles. The summed E-state index contributed by atoms with van der Waals surface area (Å²) >= 11 is 11.7. The normalized spacial score (nSPS) is 11.0. The predicted octanol–water partition coefficient (Wildman–Crippen LogP) is 2.78. The largest absolute Gasteiger partial charge is 0.376 e. The lowest BCUT2D eigenvalue weighted by atomic mass is 10.1. The van der Waals surface area contributed by atoms with E-state index in [0.717, 1.165) is 0 Å². The van der Waals surface area contributed by atoms with E-state index in [1.807, 2.05) is 20.8 Å². The molecule has 7 heteroatoms. The van der Waals surface area contributed by atoms with Crippen molar-refractivity contribution in [3.8, 4) is 0 Å². The third-order valence-corrected chi connectivity index (χ3v) is 3.42. The summed E-state index contributed by atoms with van der Waals surface area (Å²) in [6.07, 6.45) is 0. The summed E-state index contributed by atoms with van der Waals surface area (Å²) < 4.78 is 0. The van der Waals surface area contributed by atoms with Crippen molar-refractivity contribution in [1.29, 1.82) is 0 Å². The Morgan fingerprint density at radius 3 is 2.36 bits per heavy atom. The minimum atomic E-state index is -0.320. The number of benzene rings is 1. The lowest BCUT2D eigenvalue weighted by molar-refractivity contribution is -0.133. The second-order valence-corrected chi connectivity index (χ2v) is 6.84. The van der Waals surface area contributed by atoms with Crippen molar-refractivity contribution in [3.05, 3.63) is 28.2 Å². The number of hydrogen-bond acceptors (Lipinski definition) is 3. The SMILES string of the molecule is CN(CC(=O)NC(C)(C)C)C(=O)CNc1ccc(Cl)c(Cl)c1. The lowest BCUT2D eigenvalue weighted by Gasteiger charge is -2.23. The molecule has 0 aromatic heterocycles. The van der Waals surface area contributed by atoms with Crippen LogP contribution in [0.1, 0.15) is 20.8 Å². The molecule has 2 N–H and O–H groups in total. The number of nitrogens with zero attached hydrogens (tertiary/aromatic N) is 1. The van der Waals surface area contributed by atoms with Gasteiger partial charge in [-0.1, -0.05) is 23.2 Å². The molecule has 0 aliphatic heterocycles. The van der Waals surface area contributed by atoms with Gasteiger partial charge in [0, 0.05) is 18.3 Å².